The number of benzene rings is 2. The van der Waals surface area contributed by atoms with Crippen LogP contribution in [0, 0.1) is 5.82 Å². The van der Waals surface area contributed by atoms with Gasteiger partial charge in [-0.15, -0.1) is 0 Å². The van der Waals surface area contributed by atoms with Crippen LogP contribution in [0.15, 0.2) is 53.6 Å². The van der Waals surface area contributed by atoms with Crippen LogP contribution < -0.4 is 10.2 Å². The molecule has 0 unspecified atom stereocenters. The lowest BCUT2D eigenvalue weighted by Crippen LogP contribution is -2.31. The fourth-order valence-corrected chi connectivity index (χ4v) is 2.78. The molecule has 5 nitrogen and oxygen atoms in total. The summed E-state index contributed by atoms with van der Waals surface area (Å²) in [7, 11) is 0. The number of nitrogens with zero attached hydrogens (tertiary/aromatic N) is 1. The van der Waals surface area contributed by atoms with Crippen molar-refractivity contribution in [3.05, 3.63) is 64.9 Å². The van der Waals surface area contributed by atoms with E-state index in [1.54, 1.807) is 12.1 Å². The first-order valence-corrected chi connectivity index (χ1v) is 7.68. The summed E-state index contributed by atoms with van der Waals surface area (Å²) in [4.78, 5) is 37.1. The van der Waals surface area contributed by atoms with Gasteiger partial charge in [0.1, 0.15) is 10.8 Å². The summed E-state index contributed by atoms with van der Waals surface area (Å²) in [5.41, 5.74) is 1.24. The Hall–Kier alpha value is -2.99. The maximum absolute atomic E-state index is 13.1. The minimum absolute atomic E-state index is 0.0256. The van der Waals surface area contributed by atoms with Crippen LogP contribution in [0.5, 0.6) is 0 Å². The van der Waals surface area contributed by atoms with Gasteiger partial charge < -0.3 is 5.32 Å². The predicted molar refractivity (Wildman–Crippen MR) is 92.4 cm³/mol. The Bertz CT molecular complexity index is 905. The Morgan fingerprint density at radius 1 is 1.00 bits per heavy atom. The van der Waals surface area contributed by atoms with Crippen LogP contribution in [0.1, 0.15) is 12.5 Å². The van der Waals surface area contributed by atoms with Crippen molar-refractivity contribution in [3.63, 3.8) is 0 Å². The summed E-state index contributed by atoms with van der Waals surface area (Å²) in [5.74, 6) is -1.93. The first-order chi connectivity index (χ1) is 11.9. The SMILES string of the molecule is CC(=O)Nc1ccc(N2C(=O)C(Cl)=C(c3ccc(F)cc3)C2=O)cc1. The van der Waals surface area contributed by atoms with Gasteiger partial charge in [-0.1, -0.05) is 23.7 Å². The van der Waals surface area contributed by atoms with Crippen LogP contribution in [0.2, 0.25) is 0 Å². The standard InChI is InChI=1S/C18H12ClFN2O3/c1-10(23)21-13-6-8-14(9-7-13)22-17(24)15(16(19)18(22)25)11-2-4-12(20)5-3-11/h2-9H,1H3,(H,21,23). The zero-order chi connectivity index (χ0) is 18.1. The molecule has 1 aliphatic rings. The highest BCUT2D eigenvalue weighted by molar-refractivity contribution is 6.60. The first-order valence-electron chi connectivity index (χ1n) is 7.30. The van der Waals surface area contributed by atoms with E-state index in [0.29, 0.717) is 16.9 Å². The highest BCUT2D eigenvalue weighted by Crippen LogP contribution is 2.35. The van der Waals surface area contributed by atoms with Gasteiger partial charge in [-0.3, -0.25) is 14.4 Å². The van der Waals surface area contributed by atoms with Crippen LogP contribution in [0.4, 0.5) is 15.8 Å². The molecular formula is C18H12ClFN2O3. The van der Waals surface area contributed by atoms with E-state index in [1.165, 1.54) is 43.3 Å². The van der Waals surface area contributed by atoms with Crippen LogP contribution in [-0.4, -0.2) is 17.7 Å². The highest BCUT2D eigenvalue weighted by Gasteiger charge is 2.39. The smallest absolute Gasteiger partial charge is 0.277 e. The second kappa shape index (κ2) is 6.49. The average molecular weight is 359 g/mol. The summed E-state index contributed by atoms with van der Waals surface area (Å²) in [6.45, 7) is 1.38. The number of anilines is 2. The van der Waals surface area contributed by atoms with Crippen LogP contribution >= 0.6 is 11.6 Å². The van der Waals surface area contributed by atoms with Gasteiger partial charge in [0.05, 0.1) is 11.3 Å². The third-order valence-corrected chi connectivity index (χ3v) is 3.96. The average Bonchev–Trinajstić information content (AvgIpc) is 2.79. The minimum Gasteiger partial charge on any atom is -0.326 e. The number of rotatable bonds is 3. The van der Waals surface area contributed by atoms with Gasteiger partial charge in [-0.25, -0.2) is 9.29 Å². The van der Waals surface area contributed by atoms with Crippen LogP contribution in [-0.2, 0) is 14.4 Å². The molecule has 0 bridgehead atoms. The second-order valence-corrected chi connectivity index (χ2v) is 5.75. The third kappa shape index (κ3) is 3.16. The maximum atomic E-state index is 13.1. The van der Waals surface area contributed by atoms with Gasteiger partial charge in [-0.05, 0) is 42.0 Å². The van der Waals surface area contributed by atoms with Crippen molar-refractivity contribution in [1.82, 2.24) is 0 Å². The summed E-state index contributed by atoms with van der Waals surface area (Å²) in [6.07, 6.45) is 0. The summed E-state index contributed by atoms with van der Waals surface area (Å²) in [6, 6.07) is 11.4. The van der Waals surface area contributed by atoms with Gasteiger partial charge in [0.25, 0.3) is 11.8 Å². The third-order valence-electron chi connectivity index (χ3n) is 3.61. The number of carbonyl (C=O) groups excluding carboxylic acids is 3. The normalized spacial score (nSPS) is 14.3. The number of amides is 3. The van der Waals surface area contributed by atoms with Crippen LogP contribution in [0.25, 0.3) is 5.57 Å². The highest BCUT2D eigenvalue weighted by atomic mass is 35.5. The molecule has 1 aliphatic heterocycles. The molecule has 0 fully saturated rings. The second-order valence-electron chi connectivity index (χ2n) is 5.37. The Morgan fingerprint density at radius 3 is 2.16 bits per heavy atom. The molecule has 0 radical (unpaired) electrons. The molecule has 0 atom stereocenters. The predicted octanol–water partition coefficient (Wildman–Crippen LogP) is 3.31. The van der Waals surface area contributed by atoms with Gasteiger partial charge in [-0.2, -0.15) is 0 Å². The summed E-state index contributed by atoms with van der Waals surface area (Å²) >= 11 is 6.06. The minimum atomic E-state index is -0.654. The lowest BCUT2D eigenvalue weighted by atomic mass is 10.1. The molecular weight excluding hydrogens is 347 g/mol. The van der Waals surface area contributed by atoms with E-state index >= 15 is 0 Å². The molecule has 2 aromatic carbocycles. The Morgan fingerprint density at radius 2 is 1.60 bits per heavy atom. The fourth-order valence-electron chi connectivity index (χ4n) is 2.50. The van der Waals surface area contributed by atoms with E-state index in [4.69, 9.17) is 11.6 Å². The number of hydrogen-bond acceptors (Lipinski definition) is 3. The zero-order valence-electron chi connectivity index (χ0n) is 13.0. The number of carbonyl (C=O) groups is 3. The van der Waals surface area contributed by atoms with Crippen LogP contribution in [0.3, 0.4) is 0 Å². The summed E-state index contributed by atoms with van der Waals surface area (Å²) in [5, 5.41) is 2.37. The van der Waals surface area contributed by atoms with Gasteiger partial charge in [0.15, 0.2) is 0 Å². The molecule has 0 saturated carbocycles. The molecule has 0 aromatic heterocycles. The molecule has 0 saturated heterocycles. The molecule has 0 aliphatic carbocycles. The lowest BCUT2D eigenvalue weighted by Gasteiger charge is -2.15. The van der Waals surface area contributed by atoms with Crippen molar-refractivity contribution in [1.29, 1.82) is 0 Å². The molecule has 25 heavy (non-hydrogen) atoms. The molecule has 7 heteroatoms. The van der Waals surface area contributed by atoms with Crippen molar-refractivity contribution < 1.29 is 18.8 Å². The Labute approximate surface area is 147 Å². The van der Waals surface area contributed by atoms with E-state index in [1.807, 2.05) is 0 Å². The lowest BCUT2D eigenvalue weighted by molar-refractivity contribution is -0.120. The largest absolute Gasteiger partial charge is 0.326 e. The number of imide groups is 1. The molecule has 0 spiro atoms. The zero-order valence-corrected chi connectivity index (χ0v) is 13.8. The van der Waals surface area contributed by atoms with E-state index in [2.05, 4.69) is 5.32 Å². The monoisotopic (exact) mass is 358 g/mol. The molecule has 1 N–H and O–H groups in total. The molecule has 3 rings (SSSR count). The van der Waals surface area contributed by atoms with Crippen molar-refractivity contribution in [2.24, 2.45) is 0 Å². The Balaban J connectivity index is 1.93. The first kappa shape index (κ1) is 16.9. The molecule has 1 heterocycles. The van der Waals surface area contributed by atoms with Gasteiger partial charge in [0.2, 0.25) is 5.91 Å². The van der Waals surface area contributed by atoms with Crippen molar-refractivity contribution in [3.8, 4) is 0 Å². The molecule has 3 amide bonds. The van der Waals surface area contributed by atoms with Crippen molar-refractivity contribution in [2.75, 3.05) is 10.2 Å². The van der Waals surface area contributed by atoms with E-state index in [0.717, 1.165) is 4.90 Å². The topological polar surface area (TPSA) is 66.5 Å². The van der Waals surface area contributed by atoms with Crippen molar-refractivity contribution >= 4 is 46.3 Å². The Kier molecular flexibility index (Phi) is 4.37. The van der Waals surface area contributed by atoms with Gasteiger partial charge >= 0.3 is 0 Å². The quantitative estimate of drug-likeness (QED) is 0.856. The van der Waals surface area contributed by atoms with Gasteiger partial charge in [0, 0.05) is 12.6 Å². The maximum Gasteiger partial charge on any atom is 0.277 e. The molecule has 2 aromatic rings. The number of hydrogen-bond donors (Lipinski definition) is 1. The van der Waals surface area contributed by atoms with E-state index in [-0.39, 0.29) is 16.5 Å². The number of halogens is 2. The van der Waals surface area contributed by atoms with E-state index in [9.17, 15) is 18.8 Å². The summed E-state index contributed by atoms with van der Waals surface area (Å²) < 4.78 is 13.1. The number of nitrogens with one attached hydrogen (secondary N) is 1. The van der Waals surface area contributed by atoms with E-state index < -0.39 is 17.6 Å². The van der Waals surface area contributed by atoms with Crippen molar-refractivity contribution in [2.45, 2.75) is 6.92 Å². The fraction of sp³-hybridized carbons (Fsp3) is 0.0556. The molecule has 126 valence electrons.